The van der Waals surface area contributed by atoms with E-state index in [4.69, 9.17) is 4.74 Å². The number of ether oxygens (including phenoxy) is 1. The van der Waals surface area contributed by atoms with E-state index >= 15 is 0 Å². The van der Waals surface area contributed by atoms with E-state index in [0.717, 1.165) is 16.6 Å². The van der Waals surface area contributed by atoms with Gasteiger partial charge in [-0.2, -0.15) is 0 Å². The summed E-state index contributed by atoms with van der Waals surface area (Å²) in [5, 5.41) is 0.979. The maximum Gasteiger partial charge on any atom is 0.188 e. The molecule has 0 saturated carbocycles. The van der Waals surface area contributed by atoms with E-state index in [-0.39, 0.29) is 18.0 Å². The van der Waals surface area contributed by atoms with Gasteiger partial charge in [0.15, 0.2) is 5.78 Å². The SMILES string of the molecule is Cc1ccc2cc(C(=O)COC(C)(C)C)ccc2n1. The average molecular weight is 257 g/mol. The van der Waals surface area contributed by atoms with Gasteiger partial charge in [-0.15, -0.1) is 0 Å². The number of hydrogen-bond acceptors (Lipinski definition) is 3. The van der Waals surface area contributed by atoms with Crippen LogP contribution < -0.4 is 0 Å². The van der Waals surface area contributed by atoms with Crippen molar-refractivity contribution in [1.82, 2.24) is 4.98 Å². The number of aryl methyl sites for hydroxylation is 1. The summed E-state index contributed by atoms with van der Waals surface area (Å²) in [6.07, 6.45) is 0. The molecular weight excluding hydrogens is 238 g/mol. The smallest absolute Gasteiger partial charge is 0.188 e. The molecule has 3 nitrogen and oxygen atoms in total. The van der Waals surface area contributed by atoms with Crippen LogP contribution >= 0.6 is 0 Å². The number of aromatic nitrogens is 1. The first kappa shape index (κ1) is 13.7. The summed E-state index contributed by atoms with van der Waals surface area (Å²) < 4.78 is 5.51. The van der Waals surface area contributed by atoms with Crippen molar-refractivity contribution in [2.24, 2.45) is 0 Å². The fourth-order valence-electron chi connectivity index (χ4n) is 1.77. The molecule has 0 bridgehead atoms. The zero-order valence-electron chi connectivity index (χ0n) is 11.9. The van der Waals surface area contributed by atoms with Crippen molar-refractivity contribution in [3.05, 3.63) is 41.6 Å². The van der Waals surface area contributed by atoms with Crippen LogP contribution in [0.15, 0.2) is 30.3 Å². The summed E-state index contributed by atoms with van der Waals surface area (Å²) in [6, 6.07) is 9.49. The largest absolute Gasteiger partial charge is 0.368 e. The third-order valence-electron chi connectivity index (χ3n) is 2.79. The Hall–Kier alpha value is -1.74. The standard InChI is InChI=1S/C16H19NO2/c1-11-5-6-12-9-13(7-8-14(12)17-11)15(18)10-19-16(2,3)4/h5-9H,10H2,1-4H3. The topological polar surface area (TPSA) is 39.2 Å². The van der Waals surface area contributed by atoms with Gasteiger partial charge >= 0.3 is 0 Å². The molecular formula is C16H19NO2. The molecule has 0 atom stereocenters. The van der Waals surface area contributed by atoms with E-state index in [0.29, 0.717) is 5.56 Å². The molecule has 0 aliphatic carbocycles. The van der Waals surface area contributed by atoms with E-state index in [2.05, 4.69) is 4.98 Å². The van der Waals surface area contributed by atoms with Gasteiger partial charge in [0.05, 0.1) is 11.1 Å². The second-order valence-electron chi connectivity index (χ2n) is 5.68. The Balaban J connectivity index is 2.21. The minimum absolute atomic E-state index is 0.00241. The van der Waals surface area contributed by atoms with Crippen LogP contribution in [0.25, 0.3) is 10.9 Å². The van der Waals surface area contributed by atoms with E-state index in [9.17, 15) is 4.79 Å². The molecule has 0 aliphatic rings. The summed E-state index contributed by atoms with van der Waals surface area (Å²) in [6.45, 7) is 7.87. The molecule has 0 aliphatic heterocycles. The van der Waals surface area contributed by atoms with Crippen LogP contribution in [0, 0.1) is 6.92 Å². The van der Waals surface area contributed by atoms with Crippen molar-refractivity contribution in [2.45, 2.75) is 33.3 Å². The highest BCUT2D eigenvalue weighted by Crippen LogP contribution is 2.16. The highest BCUT2D eigenvalue weighted by Gasteiger charge is 2.14. The number of carbonyl (C=O) groups excluding carboxylic acids is 1. The summed E-state index contributed by atoms with van der Waals surface area (Å²) in [7, 11) is 0. The minimum atomic E-state index is -0.300. The van der Waals surface area contributed by atoms with Crippen molar-refractivity contribution in [3.63, 3.8) is 0 Å². The number of pyridine rings is 1. The fourth-order valence-corrected chi connectivity index (χ4v) is 1.77. The molecule has 0 N–H and O–H groups in total. The molecule has 3 heteroatoms. The van der Waals surface area contributed by atoms with Gasteiger partial charge in [-0.25, -0.2) is 0 Å². The van der Waals surface area contributed by atoms with Crippen LogP contribution in [-0.4, -0.2) is 23.0 Å². The molecule has 19 heavy (non-hydrogen) atoms. The van der Waals surface area contributed by atoms with Crippen molar-refractivity contribution in [1.29, 1.82) is 0 Å². The van der Waals surface area contributed by atoms with Crippen LogP contribution in [0.1, 0.15) is 36.8 Å². The van der Waals surface area contributed by atoms with Crippen LogP contribution in [0.5, 0.6) is 0 Å². The maximum absolute atomic E-state index is 12.1. The normalized spacial score (nSPS) is 11.8. The predicted octanol–water partition coefficient (Wildman–Crippen LogP) is 3.54. The number of nitrogens with zero attached hydrogens (tertiary/aromatic N) is 1. The number of Topliss-reactive ketones (excluding diaryl/α,β-unsaturated/α-hetero) is 1. The summed E-state index contributed by atoms with van der Waals surface area (Å²) in [5.74, 6) is -0.00241. The second kappa shape index (κ2) is 5.10. The molecule has 100 valence electrons. The molecule has 0 unspecified atom stereocenters. The molecule has 0 saturated heterocycles. The fraction of sp³-hybridized carbons (Fsp3) is 0.375. The molecule has 1 aromatic heterocycles. The average Bonchev–Trinajstić information content (AvgIpc) is 2.34. The van der Waals surface area contributed by atoms with E-state index in [1.54, 1.807) is 0 Å². The molecule has 0 amide bonds. The molecule has 2 rings (SSSR count). The van der Waals surface area contributed by atoms with Crippen molar-refractivity contribution < 1.29 is 9.53 Å². The Morgan fingerprint density at radius 2 is 1.95 bits per heavy atom. The van der Waals surface area contributed by atoms with Crippen molar-refractivity contribution >= 4 is 16.7 Å². The molecule has 0 fully saturated rings. The Kier molecular flexibility index (Phi) is 3.67. The molecule has 0 radical (unpaired) electrons. The van der Waals surface area contributed by atoms with Gasteiger partial charge in [-0.3, -0.25) is 9.78 Å². The third kappa shape index (κ3) is 3.61. The summed E-state index contributed by atoms with van der Waals surface area (Å²) in [4.78, 5) is 16.5. The third-order valence-corrected chi connectivity index (χ3v) is 2.79. The van der Waals surface area contributed by atoms with Gasteiger partial charge in [-0.05, 0) is 52.0 Å². The van der Waals surface area contributed by atoms with Crippen LogP contribution in [0.2, 0.25) is 0 Å². The predicted molar refractivity (Wildman–Crippen MR) is 76.5 cm³/mol. The van der Waals surface area contributed by atoms with Gasteiger partial charge in [0, 0.05) is 16.6 Å². The highest BCUT2D eigenvalue weighted by molar-refractivity contribution is 6.00. The molecule has 1 heterocycles. The number of benzene rings is 1. The lowest BCUT2D eigenvalue weighted by molar-refractivity contribution is 0.00307. The number of hydrogen-bond donors (Lipinski definition) is 0. The molecule has 0 spiro atoms. The lowest BCUT2D eigenvalue weighted by Gasteiger charge is -2.18. The number of rotatable bonds is 3. The summed E-state index contributed by atoms with van der Waals surface area (Å²) >= 11 is 0. The van der Waals surface area contributed by atoms with Crippen LogP contribution in [0.4, 0.5) is 0 Å². The minimum Gasteiger partial charge on any atom is -0.368 e. The maximum atomic E-state index is 12.1. The quantitative estimate of drug-likeness (QED) is 0.789. The first-order valence-corrected chi connectivity index (χ1v) is 6.40. The second-order valence-corrected chi connectivity index (χ2v) is 5.68. The van der Waals surface area contributed by atoms with E-state index in [1.807, 2.05) is 58.0 Å². The zero-order valence-corrected chi connectivity index (χ0v) is 11.9. The monoisotopic (exact) mass is 257 g/mol. The summed E-state index contributed by atoms with van der Waals surface area (Å²) in [5.41, 5.74) is 2.25. The van der Waals surface area contributed by atoms with Gasteiger partial charge < -0.3 is 4.74 Å². The Morgan fingerprint density at radius 3 is 2.63 bits per heavy atom. The van der Waals surface area contributed by atoms with Crippen molar-refractivity contribution in [3.8, 4) is 0 Å². The molecule has 1 aromatic carbocycles. The van der Waals surface area contributed by atoms with Gasteiger partial charge in [0.25, 0.3) is 0 Å². The lowest BCUT2D eigenvalue weighted by atomic mass is 10.1. The van der Waals surface area contributed by atoms with Gasteiger partial charge in [-0.1, -0.05) is 6.07 Å². The van der Waals surface area contributed by atoms with Gasteiger partial charge in [0.1, 0.15) is 6.61 Å². The first-order valence-electron chi connectivity index (χ1n) is 6.40. The van der Waals surface area contributed by atoms with Crippen LogP contribution in [-0.2, 0) is 4.74 Å². The van der Waals surface area contributed by atoms with E-state index < -0.39 is 0 Å². The van der Waals surface area contributed by atoms with Crippen molar-refractivity contribution in [2.75, 3.05) is 6.61 Å². The molecule has 2 aromatic rings. The van der Waals surface area contributed by atoms with E-state index in [1.165, 1.54) is 0 Å². The number of ketones is 1. The van der Waals surface area contributed by atoms with Gasteiger partial charge in [0.2, 0.25) is 0 Å². The van der Waals surface area contributed by atoms with Crippen LogP contribution in [0.3, 0.4) is 0 Å². The Morgan fingerprint density at radius 1 is 1.21 bits per heavy atom. The first-order chi connectivity index (χ1) is 8.85. The highest BCUT2D eigenvalue weighted by atomic mass is 16.5. The Labute approximate surface area is 113 Å². The number of carbonyl (C=O) groups is 1. The lowest BCUT2D eigenvalue weighted by Crippen LogP contribution is -2.23. The Bertz CT molecular complexity index is 612. The zero-order chi connectivity index (χ0) is 14.0. The number of fused-ring (bicyclic) bond motifs is 1.